The number of ether oxygens (including phenoxy) is 1. The number of nitrogen functional groups attached to an aromatic ring is 2. The number of esters is 1. The Balaban J connectivity index is 2.60. The van der Waals surface area contributed by atoms with Crippen molar-refractivity contribution in [3.05, 3.63) is 6.07 Å². The van der Waals surface area contributed by atoms with Crippen LogP contribution in [0.15, 0.2) is 11.2 Å². The Labute approximate surface area is 104 Å². The Morgan fingerprint density at radius 1 is 1.47 bits per heavy atom. The first-order chi connectivity index (χ1) is 8.02. The Hall–Kier alpha value is -1.50. The van der Waals surface area contributed by atoms with Crippen molar-refractivity contribution in [1.82, 2.24) is 9.97 Å². The Morgan fingerprint density at radius 3 is 2.59 bits per heavy atom. The second-order valence-corrected chi connectivity index (χ2v) is 4.74. The number of anilines is 2. The molecular weight excluding hydrogens is 240 g/mol. The summed E-state index contributed by atoms with van der Waals surface area (Å²) < 4.78 is 5.01. The second kappa shape index (κ2) is 6.29. The third kappa shape index (κ3) is 4.48. The van der Waals surface area contributed by atoms with Gasteiger partial charge >= 0.3 is 5.97 Å². The monoisotopic (exact) mass is 256 g/mol. The summed E-state index contributed by atoms with van der Waals surface area (Å²) in [6.07, 6.45) is 0.796. The van der Waals surface area contributed by atoms with Crippen LogP contribution in [-0.2, 0) is 9.53 Å². The number of hydrogen-bond acceptors (Lipinski definition) is 7. The minimum Gasteiger partial charge on any atom is -0.465 e. The molecule has 0 aliphatic rings. The molecule has 1 aromatic rings. The number of nitrogens with two attached hydrogens (primary N) is 2. The summed E-state index contributed by atoms with van der Waals surface area (Å²) in [5, 5.41) is -0.00815. The molecule has 0 spiro atoms. The summed E-state index contributed by atoms with van der Waals surface area (Å²) in [6.45, 7) is 4.09. The number of nitrogens with zero attached hydrogens (tertiary/aromatic N) is 2. The molecule has 4 N–H and O–H groups in total. The molecule has 0 aliphatic heterocycles. The molecule has 1 unspecified atom stereocenters. The van der Waals surface area contributed by atoms with Crippen LogP contribution in [0.3, 0.4) is 0 Å². The minimum absolute atomic E-state index is 0.286. The summed E-state index contributed by atoms with van der Waals surface area (Å²) in [6, 6.07) is 1.46. The number of thioether (sulfide) groups is 1. The van der Waals surface area contributed by atoms with Crippen molar-refractivity contribution >= 4 is 29.4 Å². The molecule has 0 saturated carbocycles. The van der Waals surface area contributed by atoms with Crippen LogP contribution in [-0.4, -0.2) is 27.8 Å². The molecule has 1 heterocycles. The highest BCUT2D eigenvalue weighted by atomic mass is 32.2. The van der Waals surface area contributed by atoms with Gasteiger partial charge in [-0.1, -0.05) is 18.7 Å². The van der Waals surface area contributed by atoms with Gasteiger partial charge in [0, 0.05) is 6.07 Å². The molecule has 1 rings (SSSR count). The summed E-state index contributed by atoms with van der Waals surface area (Å²) in [4.78, 5) is 19.5. The predicted octanol–water partition coefficient (Wildman–Crippen LogP) is 1.07. The molecule has 0 aromatic carbocycles. The lowest BCUT2D eigenvalue weighted by Crippen LogP contribution is -2.18. The van der Waals surface area contributed by atoms with Gasteiger partial charge in [-0.05, 0) is 13.3 Å². The molecule has 17 heavy (non-hydrogen) atoms. The third-order valence-electron chi connectivity index (χ3n) is 1.81. The third-order valence-corrected chi connectivity index (χ3v) is 2.75. The van der Waals surface area contributed by atoms with Gasteiger partial charge in [0.05, 0.1) is 6.61 Å². The maximum atomic E-state index is 11.5. The van der Waals surface area contributed by atoms with Crippen molar-refractivity contribution in [2.24, 2.45) is 0 Å². The van der Waals surface area contributed by atoms with Crippen LogP contribution < -0.4 is 11.5 Å². The fourth-order valence-corrected chi connectivity index (χ4v) is 1.84. The van der Waals surface area contributed by atoms with Gasteiger partial charge in [0.25, 0.3) is 0 Å². The Morgan fingerprint density at radius 2 is 2.06 bits per heavy atom. The minimum atomic E-state index is -0.386. The molecule has 0 radical (unpaired) electrons. The van der Waals surface area contributed by atoms with Gasteiger partial charge in [0.2, 0.25) is 0 Å². The van der Waals surface area contributed by atoms with Gasteiger partial charge in [0.15, 0.2) is 5.16 Å². The Bertz CT molecular complexity index is 380. The highest BCUT2D eigenvalue weighted by molar-refractivity contribution is 8.00. The van der Waals surface area contributed by atoms with E-state index in [-0.39, 0.29) is 22.9 Å². The fraction of sp³-hybridized carbons (Fsp3) is 0.500. The van der Waals surface area contributed by atoms with E-state index in [9.17, 15) is 4.79 Å². The van der Waals surface area contributed by atoms with E-state index in [4.69, 9.17) is 16.2 Å². The van der Waals surface area contributed by atoms with Crippen molar-refractivity contribution in [3.8, 4) is 0 Å². The van der Waals surface area contributed by atoms with E-state index in [0.29, 0.717) is 11.8 Å². The molecule has 0 saturated heterocycles. The molecule has 1 aromatic heterocycles. The van der Waals surface area contributed by atoms with Crippen molar-refractivity contribution < 1.29 is 9.53 Å². The Kier molecular flexibility index (Phi) is 5.02. The zero-order chi connectivity index (χ0) is 12.8. The van der Waals surface area contributed by atoms with Crippen molar-refractivity contribution in [2.75, 3.05) is 18.1 Å². The average molecular weight is 256 g/mol. The van der Waals surface area contributed by atoms with E-state index in [2.05, 4.69) is 9.97 Å². The number of rotatable bonds is 5. The van der Waals surface area contributed by atoms with Gasteiger partial charge in [0.1, 0.15) is 16.9 Å². The molecule has 0 amide bonds. The molecule has 94 valence electrons. The first-order valence-corrected chi connectivity index (χ1v) is 6.14. The second-order valence-electron chi connectivity index (χ2n) is 3.43. The van der Waals surface area contributed by atoms with Crippen molar-refractivity contribution in [2.45, 2.75) is 30.7 Å². The maximum Gasteiger partial charge on any atom is 0.319 e. The summed E-state index contributed by atoms with van der Waals surface area (Å²) in [5.41, 5.74) is 11.1. The van der Waals surface area contributed by atoms with Crippen molar-refractivity contribution in [1.29, 1.82) is 0 Å². The predicted molar refractivity (Wildman–Crippen MR) is 67.4 cm³/mol. The van der Waals surface area contributed by atoms with Crippen molar-refractivity contribution in [3.63, 3.8) is 0 Å². The van der Waals surface area contributed by atoms with E-state index in [0.717, 1.165) is 6.42 Å². The largest absolute Gasteiger partial charge is 0.465 e. The van der Waals surface area contributed by atoms with Crippen LogP contribution in [0.4, 0.5) is 11.6 Å². The van der Waals surface area contributed by atoms with E-state index in [1.54, 1.807) is 6.92 Å². The topological polar surface area (TPSA) is 104 Å². The lowest BCUT2D eigenvalue weighted by Gasteiger charge is -2.10. The van der Waals surface area contributed by atoms with E-state index >= 15 is 0 Å². The van der Waals surface area contributed by atoms with Crippen LogP contribution in [0.2, 0.25) is 0 Å². The normalized spacial score (nSPS) is 12.1. The molecule has 6 nitrogen and oxygen atoms in total. The zero-order valence-corrected chi connectivity index (χ0v) is 10.7. The maximum absolute atomic E-state index is 11.5. The molecule has 7 heteroatoms. The van der Waals surface area contributed by atoms with Crippen LogP contribution in [0.25, 0.3) is 0 Å². The standard InChI is InChI=1S/C10H16N4O2S/c1-3-4-16-9(15)6(2)17-10-13-7(11)5-8(12)14-10/h5-6H,3-4H2,1-2H3,(H4,11,12,13,14). The first-order valence-electron chi connectivity index (χ1n) is 5.26. The number of carbonyl (C=O) groups excluding carboxylic acids is 1. The number of carbonyl (C=O) groups is 1. The quantitative estimate of drug-likeness (QED) is 0.461. The molecule has 1 atom stereocenters. The molecule has 0 bridgehead atoms. The lowest BCUT2D eigenvalue weighted by atomic mass is 10.5. The lowest BCUT2D eigenvalue weighted by molar-refractivity contribution is -0.142. The van der Waals surface area contributed by atoms with Gasteiger partial charge in [-0.3, -0.25) is 4.79 Å². The van der Waals surface area contributed by atoms with Gasteiger partial charge in [-0.2, -0.15) is 0 Å². The number of hydrogen-bond donors (Lipinski definition) is 2. The van der Waals surface area contributed by atoms with Gasteiger partial charge < -0.3 is 16.2 Å². The molecule has 0 fully saturated rings. The summed E-state index contributed by atoms with van der Waals surface area (Å²) in [7, 11) is 0. The van der Waals surface area contributed by atoms with Crippen LogP contribution >= 0.6 is 11.8 Å². The average Bonchev–Trinajstić information content (AvgIpc) is 2.24. The smallest absolute Gasteiger partial charge is 0.319 e. The van der Waals surface area contributed by atoms with E-state index < -0.39 is 0 Å². The molecular formula is C10H16N4O2S. The van der Waals surface area contributed by atoms with Crippen LogP contribution in [0.5, 0.6) is 0 Å². The van der Waals surface area contributed by atoms with Crippen LogP contribution in [0.1, 0.15) is 20.3 Å². The van der Waals surface area contributed by atoms with Crippen LogP contribution in [0, 0.1) is 0 Å². The first kappa shape index (κ1) is 13.6. The molecule has 0 aliphatic carbocycles. The summed E-state index contributed by atoms with van der Waals surface area (Å²) in [5.74, 6) is 0.282. The SMILES string of the molecule is CCCOC(=O)C(C)Sc1nc(N)cc(N)n1. The van der Waals surface area contributed by atoms with E-state index in [1.165, 1.54) is 17.8 Å². The highest BCUT2D eigenvalue weighted by Crippen LogP contribution is 2.22. The fourth-order valence-electron chi connectivity index (χ4n) is 1.04. The van der Waals surface area contributed by atoms with Gasteiger partial charge in [-0.25, -0.2) is 9.97 Å². The summed E-state index contributed by atoms with van der Waals surface area (Å²) >= 11 is 1.17. The zero-order valence-electron chi connectivity index (χ0n) is 9.84. The number of aromatic nitrogens is 2. The van der Waals surface area contributed by atoms with Gasteiger partial charge in [-0.15, -0.1) is 0 Å². The van der Waals surface area contributed by atoms with E-state index in [1.807, 2.05) is 6.92 Å². The highest BCUT2D eigenvalue weighted by Gasteiger charge is 2.17.